The maximum atomic E-state index is 12.8. The van der Waals surface area contributed by atoms with Crippen molar-refractivity contribution in [2.45, 2.75) is 17.5 Å². The van der Waals surface area contributed by atoms with Gasteiger partial charge in [-0.1, -0.05) is 52.3 Å². The van der Waals surface area contributed by atoms with Gasteiger partial charge in [0.1, 0.15) is 17.6 Å². The Morgan fingerprint density at radius 1 is 0.923 bits per heavy atom. The van der Waals surface area contributed by atoms with Crippen LogP contribution in [0, 0.1) is 0 Å². The van der Waals surface area contributed by atoms with Crippen LogP contribution in [0.15, 0.2) is 94.3 Å². The van der Waals surface area contributed by atoms with Crippen molar-refractivity contribution >= 4 is 41.7 Å². The highest BCUT2D eigenvalue weighted by atomic mass is 79.9. The zero-order valence-corrected chi connectivity index (χ0v) is 24.2. The van der Waals surface area contributed by atoms with Gasteiger partial charge in [0.15, 0.2) is 0 Å². The van der Waals surface area contributed by atoms with Crippen LogP contribution in [0.2, 0.25) is 0 Å². The third kappa shape index (κ3) is 5.96. The number of benzene rings is 4. The standard InChI is InChI=1S/C28H25BrN2O6S2/c1-36-25-7-4-8-26-27(25)23-14-11-21(31-38(2,32)33)16-24(23)28(37-26)19-6-3-5-18(15-19)17-30-39(34,35)22-12-9-20(29)10-13-22/h3-16,28,30-31H,17H2,1-2H3. The zero-order valence-electron chi connectivity index (χ0n) is 21.0. The largest absolute Gasteiger partial charge is 0.496 e. The van der Waals surface area contributed by atoms with Crippen molar-refractivity contribution in [2.75, 3.05) is 18.1 Å². The Balaban J connectivity index is 1.51. The smallest absolute Gasteiger partial charge is 0.240 e. The van der Waals surface area contributed by atoms with Gasteiger partial charge < -0.3 is 9.47 Å². The van der Waals surface area contributed by atoms with Gasteiger partial charge in [0.25, 0.3) is 0 Å². The van der Waals surface area contributed by atoms with Crippen LogP contribution in [0.3, 0.4) is 0 Å². The Morgan fingerprint density at radius 3 is 2.38 bits per heavy atom. The molecule has 202 valence electrons. The van der Waals surface area contributed by atoms with E-state index in [-0.39, 0.29) is 11.4 Å². The summed E-state index contributed by atoms with van der Waals surface area (Å²) in [6, 6.07) is 24.7. The molecule has 0 amide bonds. The van der Waals surface area contributed by atoms with Gasteiger partial charge in [-0.15, -0.1) is 0 Å². The van der Waals surface area contributed by atoms with Crippen LogP contribution >= 0.6 is 15.9 Å². The second-order valence-electron chi connectivity index (χ2n) is 9.03. The maximum Gasteiger partial charge on any atom is 0.240 e. The van der Waals surface area contributed by atoms with Crippen LogP contribution < -0.4 is 18.9 Å². The number of fused-ring (bicyclic) bond motifs is 3. The lowest BCUT2D eigenvalue weighted by Gasteiger charge is -2.30. The van der Waals surface area contributed by atoms with E-state index in [0.29, 0.717) is 17.2 Å². The molecule has 0 saturated carbocycles. The van der Waals surface area contributed by atoms with Gasteiger partial charge in [-0.25, -0.2) is 21.6 Å². The van der Waals surface area contributed by atoms with E-state index >= 15 is 0 Å². The first-order chi connectivity index (χ1) is 18.5. The number of methoxy groups -OCH3 is 1. The van der Waals surface area contributed by atoms with Crippen molar-refractivity contribution < 1.29 is 26.3 Å². The highest BCUT2D eigenvalue weighted by Gasteiger charge is 2.30. The summed E-state index contributed by atoms with van der Waals surface area (Å²) in [6.45, 7) is 0.0753. The van der Waals surface area contributed by atoms with E-state index in [1.54, 1.807) is 31.4 Å². The zero-order chi connectivity index (χ0) is 27.8. The Hall–Kier alpha value is -3.38. The van der Waals surface area contributed by atoms with Gasteiger partial charge in [-0.2, -0.15) is 0 Å². The number of nitrogens with one attached hydrogen (secondary N) is 2. The number of halogens is 1. The molecule has 1 atom stereocenters. The molecule has 2 N–H and O–H groups in total. The first-order valence-electron chi connectivity index (χ1n) is 11.8. The summed E-state index contributed by atoms with van der Waals surface area (Å²) in [4.78, 5) is 0.169. The molecule has 5 rings (SSSR count). The molecule has 0 aliphatic carbocycles. The SMILES string of the molecule is COc1cccc2c1-c1ccc(NS(C)(=O)=O)cc1C(c1cccc(CNS(=O)(=O)c3ccc(Br)cc3)c1)O2. The minimum absolute atomic E-state index is 0.0753. The lowest BCUT2D eigenvalue weighted by molar-refractivity contribution is 0.242. The van der Waals surface area contributed by atoms with E-state index in [0.717, 1.165) is 38.5 Å². The molecule has 0 radical (unpaired) electrons. The quantitative estimate of drug-likeness (QED) is 0.268. The molecule has 0 saturated heterocycles. The summed E-state index contributed by atoms with van der Waals surface area (Å²) >= 11 is 3.31. The van der Waals surface area contributed by atoms with Crippen LogP contribution in [0.1, 0.15) is 22.8 Å². The third-order valence-electron chi connectivity index (χ3n) is 6.20. The highest BCUT2D eigenvalue weighted by molar-refractivity contribution is 9.10. The molecule has 1 aliphatic rings. The van der Waals surface area contributed by atoms with Crippen molar-refractivity contribution in [2.24, 2.45) is 0 Å². The minimum atomic E-state index is -3.71. The molecule has 39 heavy (non-hydrogen) atoms. The predicted octanol–water partition coefficient (Wildman–Crippen LogP) is 5.46. The van der Waals surface area contributed by atoms with Crippen molar-refractivity contribution in [1.82, 2.24) is 4.72 Å². The molecule has 1 heterocycles. The number of sulfonamides is 2. The average Bonchev–Trinajstić information content (AvgIpc) is 2.90. The van der Waals surface area contributed by atoms with E-state index in [2.05, 4.69) is 25.4 Å². The molecule has 0 aromatic heterocycles. The van der Waals surface area contributed by atoms with Gasteiger partial charge in [-0.3, -0.25) is 4.72 Å². The molecule has 4 aromatic rings. The van der Waals surface area contributed by atoms with E-state index < -0.39 is 26.2 Å². The van der Waals surface area contributed by atoms with Gasteiger partial charge >= 0.3 is 0 Å². The summed E-state index contributed by atoms with van der Waals surface area (Å²) in [7, 11) is -5.63. The van der Waals surface area contributed by atoms with Crippen molar-refractivity contribution in [3.8, 4) is 22.6 Å². The summed E-state index contributed by atoms with van der Waals surface area (Å²) in [6.07, 6.45) is 0.515. The van der Waals surface area contributed by atoms with Crippen LogP contribution in [-0.2, 0) is 26.6 Å². The van der Waals surface area contributed by atoms with Crippen molar-refractivity contribution in [3.05, 3.63) is 106 Å². The molecule has 0 fully saturated rings. The number of anilines is 1. The van der Waals surface area contributed by atoms with Crippen LogP contribution in [0.4, 0.5) is 5.69 Å². The van der Waals surface area contributed by atoms with Gasteiger partial charge in [0, 0.05) is 22.3 Å². The molecule has 1 unspecified atom stereocenters. The van der Waals surface area contributed by atoms with Crippen LogP contribution in [0.25, 0.3) is 11.1 Å². The summed E-state index contributed by atoms with van der Waals surface area (Å²) in [5, 5.41) is 0. The molecule has 11 heteroatoms. The first kappa shape index (κ1) is 27.2. The molecular formula is C28H25BrN2O6S2. The summed E-state index contributed by atoms with van der Waals surface area (Å²) in [5.41, 5.74) is 4.28. The Bertz CT molecular complexity index is 1760. The molecule has 8 nitrogen and oxygen atoms in total. The van der Waals surface area contributed by atoms with Crippen LogP contribution in [0.5, 0.6) is 11.5 Å². The monoisotopic (exact) mass is 628 g/mol. The van der Waals surface area contributed by atoms with Gasteiger partial charge in [-0.05, 0) is 65.2 Å². The fraction of sp³-hybridized carbons (Fsp3) is 0.143. The fourth-order valence-electron chi connectivity index (χ4n) is 4.51. The predicted molar refractivity (Wildman–Crippen MR) is 154 cm³/mol. The Kier molecular flexibility index (Phi) is 7.43. The second-order valence-corrected chi connectivity index (χ2v) is 13.5. The normalized spacial score (nSPS) is 14.6. The lowest BCUT2D eigenvalue weighted by atomic mass is 9.88. The number of ether oxygens (including phenoxy) is 2. The molecular weight excluding hydrogens is 604 g/mol. The first-order valence-corrected chi connectivity index (χ1v) is 16.0. The Morgan fingerprint density at radius 2 is 1.67 bits per heavy atom. The third-order valence-corrected chi connectivity index (χ3v) is 8.76. The molecule has 1 aliphatic heterocycles. The lowest BCUT2D eigenvalue weighted by Crippen LogP contribution is -2.23. The van der Waals surface area contributed by atoms with Crippen molar-refractivity contribution in [3.63, 3.8) is 0 Å². The topological polar surface area (TPSA) is 111 Å². The summed E-state index contributed by atoms with van der Waals surface area (Å²) in [5.74, 6) is 1.25. The van der Waals surface area contributed by atoms with E-state index in [9.17, 15) is 16.8 Å². The number of hydrogen-bond acceptors (Lipinski definition) is 6. The number of hydrogen-bond donors (Lipinski definition) is 2. The average molecular weight is 630 g/mol. The Labute approximate surface area is 236 Å². The molecule has 0 spiro atoms. The minimum Gasteiger partial charge on any atom is -0.496 e. The highest BCUT2D eigenvalue weighted by Crippen LogP contribution is 2.49. The summed E-state index contributed by atoms with van der Waals surface area (Å²) < 4.78 is 67.4. The van der Waals surface area contributed by atoms with Crippen molar-refractivity contribution in [1.29, 1.82) is 0 Å². The fourth-order valence-corrected chi connectivity index (χ4v) is 6.35. The van der Waals surface area contributed by atoms with Gasteiger partial charge in [0.05, 0.1) is 23.8 Å². The number of rotatable bonds is 8. The second kappa shape index (κ2) is 10.6. The maximum absolute atomic E-state index is 12.8. The molecule has 4 aromatic carbocycles. The van der Waals surface area contributed by atoms with Gasteiger partial charge in [0.2, 0.25) is 20.0 Å². The van der Waals surface area contributed by atoms with E-state index in [4.69, 9.17) is 9.47 Å². The van der Waals surface area contributed by atoms with Crippen LogP contribution in [-0.4, -0.2) is 30.2 Å². The van der Waals surface area contributed by atoms with E-state index in [1.165, 1.54) is 12.1 Å². The van der Waals surface area contributed by atoms with E-state index in [1.807, 2.05) is 48.5 Å². The molecule has 0 bridgehead atoms.